The van der Waals surface area contributed by atoms with Crippen LogP contribution in [0.25, 0.3) is 6.08 Å². The number of hydrogen-bond acceptors (Lipinski definition) is 6. The number of hydrogen-bond donors (Lipinski definition) is 0. The number of methoxy groups -OCH3 is 1. The van der Waals surface area contributed by atoms with Crippen molar-refractivity contribution >= 4 is 46.2 Å². The lowest BCUT2D eigenvalue weighted by molar-refractivity contribution is -0.137. The Morgan fingerprint density at radius 3 is 2.82 bits per heavy atom. The minimum absolute atomic E-state index is 0.0161. The number of ether oxygens (including phenoxy) is 1. The molecule has 3 aliphatic rings. The number of likely N-dealkylation sites (tertiary alicyclic amines) is 1. The first-order valence-electron chi connectivity index (χ1n) is 10.8. The number of fused-ring (bicyclic) bond motifs is 4. The Morgan fingerprint density at radius 1 is 1.18 bits per heavy atom. The number of carbonyl (C=O) groups is 2. The fourth-order valence-electron chi connectivity index (χ4n) is 4.85. The first kappa shape index (κ1) is 21.9. The average Bonchev–Trinajstić information content (AvgIpc) is 3.07. The topological polar surface area (TPSA) is 71.8 Å². The van der Waals surface area contributed by atoms with Crippen molar-refractivity contribution in [2.24, 2.45) is 5.92 Å². The summed E-state index contributed by atoms with van der Waals surface area (Å²) in [5.41, 5.74) is 1.84. The van der Waals surface area contributed by atoms with Crippen molar-refractivity contribution in [3.8, 4) is 5.75 Å². The highest BCUT2D eigenvalue weighted by Crippen LogP contribution is 2.36. The van der Waals surface area contributed by atoms with Crippen LogP contribution in [0.1, 0.15) is 23.6 Å². The summed E-state index contributed by atoms with van der Waals surface area (Å²) in [6.07, 6.45) is 2.74. The van der Waals surface area contributed by atoms with Gasteiger partial charge in [0.1, 0.15) is 16.6 Å². The summed E-state index contributed by atoms with van der Waals surface area (Å²) in [7, 11) is 1.59. The van der Waals surface area contributed by atoms with Crippen molar-refractivity contribution in [2.45, 2.75) is 18.9 Å². The molecule has 0 radical (unpaired) electrons. The SMILES string of the molecule is COc1cccc(C=C2SC(=S)N(CC(=O)N3C[C@@H]4C[C@@H](C3)c3cccc(=O)n3C4)C2=O)c1. The summed E-state index contributed by atoms with van der Waals surface area (Å²) in [5.74, 6) is 0.702. The molecule has 0 spiro atoms. The maximum atomic E-state index is 13.2. The zero-order valence-corrected chi connectivity index (χ0v) is 19.7. The highest BCUT2D eigenvalue weighted by Gasteiger charge is 2.39. The van der Waals surface area contributed by atoms with Crippen LogP contribution in [0.2, 0.25) is 0 Å². The maximum Gasteiger partial charge on any atom is 0.266 e. The lowest BCUT2D eigenvalue weighted by Crippen LogP contribution is -2.51. The van der Waals surface area contributed by atoms with Crippen LogP contribution in [0.5, 0.6) is 5.75 Å². The van der Waals surface area contributed by atoms with Gasteiger partial charge in [0.15, 0.2) is 0 Å². The third-order valence-corrected chi connectivity index (χ3v) is 7.77. The van der Waals surface area contributed by atoms with E-state index < -0.39 is 0 Å². The van der Waals surface area contributed by atoms with Gasteiger partial charge in [0.2, 0.25) is 5.91 Å². The van der Waals surface area contributed by atoms with Crippen LogP contribution in [0.3, 0.4) is 0 Å². The van der Waals surface area contributed by atoms with Gasteiger partial charge >= 0.3 is 0 Å². The summed E-state index contributed by atoms with van der Waals surface area (Å²) in [6, 6.07) is 12.8. The molecule has 3 aliphatic heterocycles. The molecule has 2 atom stereocenters. The lowest BCUT2D eigenvalue weighted by Gasteiger charge is -2.43. The Labute approximate surface area is 201 Å². The number of amides is 2. The van der Waals surface area contributed by atoms with E-state index in [1.807, 2.05) is 39.8 Å². The second-order valence-electron chi connectivity index (χ2n) is 8.54. The number of thioether (sulfide) groups is 1. The monoisotopic (exact) mass is 481 g/mol. The molecule has 33 heavy (non-hydrogen) atoms. The van der Waals surface area contributed by atoms with Crippen LogP contribution < -0.4 is 10.3 Å². The number of piperidine rings is 1. The van der Waals surface area contributed by atoms with Crippen LogP contribution in [0.15, 0.2) is 52.2 Å². The van der Waals surface area contributed by atoms with Crippen LogP contribution in [0, 0.1) is 5.92 Å². The Kier molecular flexibility index (Phi) is 5.84. The predicted octanol–water partition coefficient (Wildman–Crippen LogP) is 2.70. The molecule has 0 unspecified atom stereocenters. The first-order chi connectivity index (χ1) is 15.9. The van der Waals surface area contributed by atoms with Crippen molar-refractivity contribution in [3.63, 3.8) is 0 Å². The molecule has 2 saturated heterocycles. The van der Waals surface area contributed by atoms with E-state index in [-0.39, 0.29) is 35.8 Å². The van der Waals surface area contributed by atoms with E-state index in [9.17, 15) is 14.4 Å². The minimum Gasteiger partial charge on any atom is -0.497 e. The molecule has 2 amide bonds. The average molecular weight is 482 g/mol. The van der Waals surface area contributed by atoms with E-state index in [4.69, 9.17) is 17.0 Å². The van der Waals surface area contributed by atoms with Gasteiger partial charge in [-0.05, 0) is 42.2 Å². The number of nitrogens with zero attached hydrogens (tertiary/aromatic N) is 3. The van der Waals surface area contributed by atoms with E-state index in [2.05, 4.69) is 0 Å². The van der Waals surface area contributed by atoms with Crippen LogP contribution in [-0.4, -0.2) is 57.2 Å². The van der Waals surface area contributed by atoms with Gasteiger partial charge in [-0.3, -0.25) is 19.3 Å². The largest absolute Gasteiger partial charge is 0.497 e. The summed E-state index contributed by atoms with van der Waals surface area (Å²) in [5, 5.41) is 0. The molecule has 0 aliphatic carbocycles. The maximum absolute atomic E-state index is 13.2. The number of thiocarbonyl (C=S) groups is 1. The Morgan fingerprint density at radius 2 is 2.00 bits per heavy atom. The van der Waals surface area contributed by atoms with Crippen molar-refractivity contribution < 1.29 is 14.3 Å². The van der Waals surface area contributed by atoms with Crippen LogP contribution in [0.4, 0.5) is 0 Å². The molecule has 2 bridgehead atoms. The van der Waals surface area contributed by atoms with Crippen molar-refractivity contribution in [3.05, 3.63) is 69.0 Å². The standard InChI is InChI=1S/C24H23N3O4S2/c1-31-18-5-2-4-15(9-18)10-20-23(30)27(24(32)33-20)14-22(29)25-11-16-8-17(13-25)19-6-3-7-21(28)26(19)12-16/h2-7,9-10,16-17H,8,11-14H2,1H3/t16-,17-/m0/s1. The highest BCUT2D eigenvalue weighted by atomic mass is 32.2. The van der Waals surface area contributed by atoms with Gasteiger partial charge in [-0.15, -0.1) is 0 Å². The second-order valence-corrected chi connectivity index (χ2v) is 10.2. The van der Waals surface area contributed by atoms with E-state index in [0.29, 0.717) is 34.6 Å². The number of benzene rings is 1. The lowest BCUT2D eigenvalue weighted by atomic mass is 9.83. The smallest absolute Gasteiger partial charge is 0.266 e. The molecule has 7 nitrogen and oxygen atoms in total. The Hall–Kier alpha value is -2.91. The Balaban J connectivity index is 1.29. The molecule has 0 N–H and O–H groups in total. The number of carbonyl (C=O) groups excluding carboxylic acids is 2. The normalized spacial score (nSPS) is 23.1. The second kappa shape index (κ2) is 8.79. The molecule has 9 heteroatoms. The molecule has 2 aromatic rings. The number of aromatic nitrogens is 1. The summed E-state index contributed by atoms with van der Waals surface area (Å²) in [4.78, 5) is 42.1. The van der Waals surface area contributed by atoms with Crippen molar-refractivity contribution in [1.29, 1.82) is 0 Å². The summed E-state index contributed by atoms with van der Waals surface area (Å²) in [6.45, 7) is 1.69. The highest BCUT2D eigenvalue weighted by molar-refractivity contribution is 8.26. The quantitative estimate of drug-likeness (QED) is 0.494. The van der Waals surface area contributed by atoms with Gasteiger partial charge in [0, 0.05) is 37.3 Å². The van der Waals surface area contributed by atoms with Gasteiger partial charge in [0.05, 0.1) is 12.0 Å². The van der Waals surface area contributed by atoms with E-state index in [1.165, 1.54) is 16.7 Å². The molecule has 2 fully saturated rings. The number of pyridine rings is 1. The fourth-order valence-corrected chi connectivity index (χ4v) is 6.11. The van der Waals surface area contributed by atoms with Gasteiger partial charge < -0.3 is 14.2 Å². The van der Waals surface area contributed by atoms with Crippen LogP contribution in [-0.2, 0) is 16.1 Å². The van der Waals surface area contributed by atoms with Crippen molar-refractivity contribution in [1.82, 2.24) is 14.4 Å². The van der Waals surface area contributed by atoms with Gasteiger partial charge in [-0.2, -0.15) is 0 Å². The molecule has 170 valence electrons. The van der Waals surface area contributed by atoms with Gasteiger partial charge in [-0.25, -0.2) is 0 Å². The summed E-state index contributed by atoms with van der Waals surface area (Å²) < 4.78 is 7.47. The third-order valence-electron chi connectivity index (χ3n) is 6.39. The first-order valence-corrected chi connectivity index (χ1v) is 12.0. The number of rotatable bonds is 4. The van der Waals surface area contributed by atoms with Gasteiger partial charge in [-0.1, -0.05) is 42.2 Å². The van der Waals surface area contributed by atoms with E-state index in [0.717, 1.165) is 17.7 Å². The van der Waals surface area contributed by atoms with Gasteiger partial charge in [0.25, 0.3) is 11.5 Å². The molecule has 0 saturated carbocycles. The zero-order chi connectivity index (χ0) is 23.1. The minimum atomic E-state index is -0.254. The van der Waals surface area contributed by atoms with E-state index >= 15 is 0 Å². The molecule has 5 rings (SSSR count). The molecule has 1 aromatic carbocycles. The fraction of sp³-hybridized carbons (Fsp3) is 0.333. The van der Waals surface area contributed by atoms with Crippen LogP contribution >= 0.6 is 24.0 Å². The molecular weight excluding hydrogens is 458 g/mol. The van der Waals surface area contributed by atoms with Crippen molar-refractivity contribution in [2.75, 3.05) is 26.7 Å². The molecule has 1 aromatic heterocycles. The van der Waals surface area contributed by atoms with E-state index in [1.54, 1.807) is 25.3 Å². The third kappa shape index (κ3) is 4.22. The predicted molar refractivity (Wildman–Crippen MR) is 131 cm³/mol. The molecular formula is C24H23N3O4S2. The molecule has 4 heterocycles. The summed E-state index contributed by atoms with van der Waals surface area (Å²) >= 11 is 6.63. The Bertz CT molecular complexity index is 1240. The zero-order valence-electron chi connectivity index (χ0n) is 18.1.